The molecule has 7 unspecified atom stereocenters. The van der Waals surface area contributed by atoms with Crippen LogP contribution < -0.4 is 5.32 Å². The van der Waals surface area contributed by atoms with Gasteiger partial charge in [0.1, 0.15) is 24.4 Å². The summed E-state index contributed by atoms with van der Waals surface area (Å²) in [7, 11) is 0. The Bertz CT molecular complexity index is 726. The van der Waals surface area contributed by atoms with Gasteiger partial charge in [-0.05, 0) is 12.8 Å². The van der Waals surface area contributed by atoms with E-state index in [4.69, 9.17) is 9.47 Å². The van der Waals surface area contributed by atoms with Crippen LogP contribution in [0.4, 0.5) is 0 Å². The summed E-state index contributed by atoms with van der Waals surface area (Å²) < 4.78 is 11.2. The lowest BCUT2D eigenvalue weighted by Gasteiger charge is -2.40. The topological polar surface area (TPSA) is 149 Å². The van der Waals surface area contributed by atoms with E-state index in [0.29, 0.717) is 12.8 Å². The third kappa shape index (κ3) is 22.1. The van der Waals surface area contributed by atoms with E-state index in [9.17, 15) is 30.3 Å². The minimum absolute atomic E-state index is 0.134. The Labute approximate surface area is 294 Å². The normalized spacial score (nSPS) is 22.5. The van der Waals surface area contributed by atoms with Crippen LogP contribution in [0.15, 0.2) is 0 Å². The Morgan fingerprint density at radius 1 is 0.625 bits per heavy atom. The molecule has 1 fully saturated rings. The number of carbonyl (C=O) groups excluding carboxylic acids is 1. The van der Waals surface area contributed by atoms with E-state index in [-0.39, 0.29) is 12.5 Å². The number of carbonyl (C=O) groups is 1. The number of aliphatic hydroxyl groups excluding tert-OH is 5. The summed E-state index contributed by atoms with van der Waals surface area (Å²) >= 11 is 0. The van der Waals surface area contributed by atoms with Crippen molar-refractivity contribution in [1.82, 2.24) is 5.32 Å². The van der Waals surface area contributed by atoms with Crippen molar-refractivity contribution >= 4 is 5.91 Å². The van der Waals surface area contributed by atoms with Crippen LogP contribution in [0.25, 0.3) is 0 Å². The highest BCUT2D eigenvalue weighted by Crippen LogP contribution is 2.23. The molecule has 0 radical (unpaired) electrons. The van der Waals surface area contributed by atoms with Gasteiger partial charge in [0.2, 0.25) is 5.91 Å². The van der Waals surface area contributed by atoms with Crippen molar-refractivity contribution < 1.29 is 39.8 Å². The minimum atomic E-state index is -1.55. The molecule has 1 rings (SSSR count). The van der Waals surface area contributed by atoms with Crippen LogP contribution in [0.2, 0.25) is 0 Å². The molecular weight excluding hydrogens is 610 g/mol. The molecule has 1 heterocycles. The second-order valence-corrected chi connectivity index (χ2v) is 14.4. The molecule has 0 aliphatic carbocycles. The largest absolute Gasteiger partial charge is 0.394 e. The summed E-state index contributed by atoms with van der Waals surface area (Å²) in [5.41, 5.74) is 0. The summed E-state index contributed by atoms with van der Waals surface area (Å²) in [6, 6.07) is -0.708. The zero-order valence-electron chi connectivity index (χ0n) is 31.0. The van der Waals surface area contributed by atoms with Gasteiger partial charge < -0.3 is 40.3 Å². The summed E-state index contributed by atoms with van der Waals surface area (Å²) in [6.07, 6.45) is 24.3. The predicted octanol–water partition coefficient (Wildman–Crippen LogP) is 7.22. The number of nitrogens with one attached hydrogen (secondary N) is 1. The van der Waals surface area contributed by atoms with Crippen LogP contribution >= 0.6 is 0 Å². The van der Waals surface area contributed by atoms with Crippen molar-refractivity contribution in [2.45, 2.75) is 230 Å². The van der Waals surface area contributed by atoms with Crippen molar-refractivity contribution in [1.29, 1.82) is 0 Å². The van der Waals surface area contributed by atoms with Crippen LogP contribution in [-0.2, 0) is 14.3 Å². The van der Waals surface area contributed by atoms with Gasteiger partial charge in [-0.3, -0.25) is 4.79 Å². The lowest BCUT2D eigenvalue weighted by Crippen LogP contribution is -2.60. The molecule has 0 saturated carbocycles. The van der Waals surface area contributed by atoms with Crippen molar-refractivity contribution in [2.75, 3.05) is 13.2 Å². The van der Waals surface area contributed by atoms with Gasteiger partial charge in [-0.25, -0.2) is 0 Å². The average Bonchev–Trinajstić information content (AvgIpc) is 3.08. The van der Waals surface area contributed by atoms with E-state index >= 15 is 0 Å². The Morgan fingerprint density at radius 3 is 1.48 bits per heavy atom. The van der Waals surface area contributed by atoms with E-state index < -0.39 is 49.5 Å². The van der Waals surface area contributed by atoms with E-state index in [1.165, 1.54) is 122 Å². The number of hydrogen-bond donors (Lipinski definition) is 6. The van der Waals surface area contributed by atoms with Gasteiger partial charge in [0, 0.05) is 6.42 Å². The lowest BCUT2D eigenvalue weighted by atomic mass is 9.99. The molecule has 0 spiro atoms. The number of unbranched alkanes of at least 4 members (excludes halogenated alkanes) is 23. The molecule has 48 heavy (non-hydrogen) atoms. The van der Waals surface area contributed by atoms with Crippen LogP contribution in [0.3, 0.4) is 0 Å². The first-order valence-electron chi connectivity index (χ1n) is 20.2. The van der Waals surface area contributed by atoms with Crippen LogP contribution in [0.1, 0.15) is 187 Å². The predicted molar refractivity (Wildman–Crippen MR) is 194 cm³/mol. The molecule has 0 bridgehead atoms. The second-order valence-electron chi connectivity index (χ2n) is 14.4. The number of aliphatic hydroxyl groups is 5. The highest BCUT2D eigenvalue weighted by Gasteiger charge is 2.44. The Hall–Kier alpha value is -0.810. The number of hydrogen-bond acceptors (Lipinski definition) is 8. The monoisotopic (exact) mass is 688 g/mol. The number of ether oxygens (including phenoxy) is 2. The van der Waals surface area contributed by atoms with Crippen LogP contribution in [-0.4, -0.2) is 87.5 Å². The standard InChI is InChI=1S/C39H77NO8/c1-3-5-7-9-11-12-13-14-15-16-17-18-19-20-21-22-23-25-27-29-35(43)40-32(33(42)28-26-24-10-8-6-4-2)31-47-39-38(46)37(45)36(44)34(30-41)48-39/h32-34,36-39,41-42,44-46H,3-31H2,1-2H3,(H,40,43). The van der Waals surface area contributed by atoms with Crippen molar-refractivity contribution in [3.63, 3.8) is 0 Å². The highest BCUT2D eigenvalue weighted by molar-refractivity contribution is 5.76. The van der Waals surface area contributed by atoms with Crippen molar-refractivity contribution in [3.8, 4) is 0 Å². The maximum absolute atomic E-state index is 12.8. The Balaban J connectivity index is 2.24. The van der Waals surface area contributed by atoms with E-state index in [1.54, 1.807) is 0 Å². The molecule has 9 heteroatoms. The maximum atomic E-state index is 12.8. The molecule has 1 amide bonds. The molecule has 286 valence electrons. The molecule has 0 aromatic heterocycles. The van der Waals surface area contributed by atoms with Crippen LogP contribution in [0.5, 0.6) is 0 Å². The number of amides is 1. The fourth-order valence-corrected chi connectivity index (χ4v) is 6.63. The molecule has 0 aromatic carbocycles. The maximum Gasteiger partial charge on any atom is 0.220 e. The van der Waals surface area contributed by atoms with E-state index in [1.807, 2.05) is 0 Å². The molecule has 7 atom stereocenters. The quantitative estimate of drug-likeness (QED) is 0.0396. The van der Waals surface area contributed by atoms with Crippen molar-refractivity contribution in [3.05, 3.63) is 0 Å². The molecule has 6 N–H and O–H groups in total. The van der Waals surface area contributed by atoms with Gasteiger partial charge in [-0.2, -0.15) is 0 Å². The summed E-state index contributed by atoms with van der Waals surface area (Å²) in [5.74, 6) is -0.147. The smallest absolute Gasteiger partial charge is 0.220 e. The second kappa shape index (κ2) is 31.0. The number of rotatable bonds is 33. The molecular formula is C39H77NO8. The first-order chi connectivity index (χ1) is 23.3. The molecule has 9 nitrogen and oxygen atoms in total. The van der Waals surface area contributed by atoms with Gasteiger partial charge in [-0.1, -0.05) is 168 Å². The molecule has 1 aliphatic heterocycles. The third-order valence-corrected chi connectivity index (χ3v) is 9.96. The fourth-order valence-electron chi connectivity index (χ4n) is 6.63. The van der Waals surface area contributed by atoms with Gasteiger partial charge in [-0.15, -0.1) is 0 Å². The zero-order chi connectivity index (χ0) is 35.2. The fraction of sp³-hybridized carbons (Fsp3) is 0.974. The van der Waals surface area contributed by atoms with Crippen molar-refractivity contribution in [2.24, 2.45) is 0 Å². The molecule has 1 aliphatic rings. The lowest BCUT2D eigenvalue weighted by molar-refractivity contribution is -0.302. The first-order valence-corrected chi connectivity index (χ1v) is 20.2. The van der Waals surface area contributed by atoms with Gasteiger partial charge in [0.15, 0.2) is 6.29 Å². The Kier molecular flexibility index (Phi) is 29.2. The minimum Gasteiger partial charge on any atom is -0.394 e. The molecule has 1 saturated heterocycles. The summed E-state index contributed by atoms with van der Waals surface area (Å²) in [5, 5.41) is 53.8. The van der Waals surface area contributed by atoms with E-state index in [2.05, 4.69) is 19.2 Å². The van der Waals surface area contributed by atoms with Crippen LogP contribution in [0, 0.1) is 0 Å². The highest BCUT2D eigenvalue weighted by atomic mass is 16.7. The third-order valence-electron chi connectivity index (χ3n) is 9.96. The van der Waals surface area contributed by atoms with E-state index in [0.717, 1.165) is 38.5 Å². The SMILES string of the molecule is CCCCCCCCCCCCCCCCCCCCCC(=O)NC(COC1OC(CO)C(O)C(O)C1O)C(O)CCCCCCCC. The van der Waals surface area contributed by atoms with Gasteiger partial charge in [0.05, 0.1) is 25.4 Å². The molecule has 0 aromatic rings. The van der Waals surface area contributed by atoms with Gasteiger partial charge >= 0.3 is 0 Å². The first kappa shape index (κ1) is 45.2. The Morgan fingerprint density at radius 2 is 1.04 bits per heavy atom. The van der Waals surface area contributed by atoms with Gasteiger partial charge in [0.25, 0.3) is 0 Å². The average molecular weight is 688 g/mol. The summed E-state index contributed by atoms with van der Waals surface area (Å²) in [4.78, 5) is 12.8. The zero-order valence-corrected chi connectivity index (χ0v) is 31.0. The summed E-state index contributed by atoms with van der Waals surface area (Å²) in [6.45, 7) is 3.76.